The minimum absolute atomic E-state index is 0.0779. The summed E-state index contributed by atoms with van der Waals surface area (Å²) in [5.41, 5.74) is 0.972. The highest BCUT2D eigenvalue weighted by molar-refractivity contribution is 5.91. The van der Waals surface area contributed by atoms with Crippen molar-refractivity contribution in [3.05, 3.63) is 35.9 Å². The maximum Gasteiger partial charge on any atom is 0.244 e. The van der Waals surface area contributed by atoms with E-state index in [1.54, 1.807) is 13.2 Å². The van der Waals surface area contributed by atoms with E-state index in [2.05, 4.69) is 5.32 Å². The van der Waals surface area contributed by atoms with Crippen molar-refractivity contribution in [1.82, 2.24) is 5.32 Å². The summed E-state index contributed by atoms with van der Waals surface area (Å²) in [5.74, 6) is 0.731. The van der Waals surface area contributed by atoms with Gasteiger partial charge >= 0.3 is 0 Å². The van der Waals surface area contributed by atoms with Crippen molar-refractivity contribution in [3.63, 3.8) is 0 Å². The lowest BCUT2D eigenvalue weighted by Gasteiger charge is -2.04. The molecule has 16 heavy (non-hydrogen) atoms. The van der Waals surface area contributed by atoms with Gasteiger partial charge in [-0.05, 0) is 37.6 Å². The highest BCUT2D eigenvalue weighted by atomic mass is 16.5. The van der Waals surface area contributed by atoms with Crippen LogP contribution in [0.3, 0.4) is 0 Å². The van der Waals surface area contributed by atoms with Gasteiger partial charge in [0, 0.05) is 12.1 Å². The van der Waals surface area contributed by atoms with Gasteiger partial charge in [0.05, 0.1) is 7.11 Å². The van der Waals surface area contributed by atoms with Crippen molar-refractivity contribution >= 4 is 12.0 Å². The second-order valence-electron chi connectivity index (χ2n) is 3.77. The minimum Gasteiger partial charge on any atom is -0.497 e. The van der Waals surface area contributed by atoms with Crippen LogP contribution in [0.15, 0.2) is 30.3 Å². The number of carbonyl (C=O) groups excluding carboxylic acids is 1. The van der Waals surface area contributed by atoms with Crippen LogP contribution in [0.5, 0.6) is 5.75 Å². The first kappa shape index (κ1) is 12.3. The first-order valence-corrected chi connectivity index (χ1v) is 5.24. The zero-order valence-electron chi connectivity index (χ0n) is 9.86. The van der Waals surface area contributed by atoms with Crippen molar-refractivity contribution in [2.45, 2.75) is 19.9 Å². The number of carbonyl (C=O) groups is 1. The standard InChI is InChI=1S/C13H17NO2/c1-10(2)14-13(15)9-6-11-4-7-12(16-3)8-5-11/h4-10H,1-3H3,(H,14,15). The van der Waals surface area contributed by atoms with Crippen LogP contribution in [-0.2, 0) is 4.79 Å². The van der Waals surface area contributed by atoms with Crippen LogP contribution in [-0.4, -0.2) is 19.1 Å². The summed E-state index contributed by atoms with van der Waals surface area (Å²) < 4.78 is 5.04. The van der Waals surface area contributed by atoms with Crippen LogP contribution in [0.1, 0.15) is 19.4 Å². The number of ether oxygens (including phenoxy) is 1. The second-order valence-corrected chi connectivity index (χ2v) is 3.77. The Morgan fingerprint density at radius 3 is 2.44 bits per heavy atom. The first-order chi connectivity index (χ1) is 7.61. The molecule has 0 aliphatic carbocycles. The molecule has 0 fully saturated rings. The zero-order chi connectivity index (χ0) is 12.0. The molecule has 86 valence electrons. The van der Waals surface area contributed by atoms with Crippen molar-refractivity contribution in [1.29, 1.82) is 0 Å². The SMILES string of the molecule is COc1ccc(C=CC(=O)NC(C)C)cc1. The lowest BCUT2D eigenvalue weighted by Crippen LogP contribution is -2.28. The maximum absolute atomic E-state index is 11.3. The first-order valence-electron chi connectivity index (χ1n) is 5.24. The molecule has 3 heteroatoms. The number of hydrogen-bond acceptors (Lipinski definition) is 2. The molecule has 1 amide bonds. The number of benzene rings is 1. The van der Waals surface area contributed by atoms with E-state index in [1.165, 1.54) is 6.08 Å². The average molecular weight is 219 g/mol. The predicted molar refractivity (Wildman–Crippen MR) is 65.3 cm³/mol. The third-order valence-corrected chi connectivity index (χ3v) is 1.97. The van der Waals surface area contributed by atoms with Gasteiger partial charge < -0.3 is 10.1 Å². The van der Waals surface area contributed by atoms with E-state index in [1.807, 2.05) is 38.1 Å². The summed E-state index contributed by atoms with van der Waals surface area (Å²) in [4.78, 5) is 11.3. The molecule has 0 bridgehead atoms. The number of amides is 1. The lowest BCUT2D eigenvalue weighted by atomic mass is 10.2. The fourth-order valence-corrected chi connectivity index (χ4v) is 1.22. The van der Waals surface area contributed by atoms with E-state index in [0.717, 1.165) is 11.3 Å². The molecule has 1 aromatic carbocycles. The summed E-state index contributed by atoms with van der Waals surface area (Å²) in [6, 6.07) is 7.68. The second kappa shape index (κ2) is 5.95. The van der Waals surface area contributed by atoms with Crippen LogP contribution in [0.25, 0.3) is 6.08 Å². The molecule has 0 aliphatic rings. The number of rotatable bonds is 4. The van der Waals surface area contributed by atoms with Gasteiger partial charge in [-0.3, -0.25) is 4.79 Å². The van der Waals surface area contributed by atoms with Gasteiger partial charge in [0.15, 0.2) is 0 Å². The molecule has 3 nitrogen and oxygen atoms in total. The maximum atomic E-state index is 11.3. The molecule has 1 aromatic rings. The summed E-state index contributed by atoms with van der Waals surface area (Å²) >= 11 is 0. The van der Waals surface area contributed by atoms with E-state index in [-0.39, 0.29) is 11.9 Å². The highest BCUT2D eigenvalue weighted by Crippen LogP contribution is 2.12. The normalized spacial score (nSPS) is 10.8. The molecule has 0 aromatic heterocycles. The van der Waals surface area contributed by atoms with Crippen LogP contribution < -0.4 is 10.1 Å². The van der Waals surface area contributed by atoms with E-state index in [0.29, 0.717) is 0 Å². The third kappa shape index (κ3) is 4.17. The number of nitrogens with one attached hydrogen (secondary N) is 1. The monoisotopic (exact) mass is 219 g/mol. The van der Waals surface area contributed by atoms with Gasteiger partial charge in [-0.25, -0.2) is 0 Å². The molecule has 0 spiro atoms. The van der Waals surface area contributed by atoms with Crippen LogP contribution in [0.2, 0.25) is 0 Å². The van der Waals surface area contributed by atoms with Gasteiger partial charge in [-0.2, -0.15) is 0 Å². The van der Waals surface area contributed by atoms with E-state index in [4.69, 9.17) is 4.74 Å². The fraction of sp³-hybridized carbons (Fsp3) is 0.308. The van der Waals surface area contributed by atoms with Crippen LogP contribution >= 0.6 is 0 Å². The van der Waals surface area contributed by atoms with Crippen LogP contribution in [0.4, 0.5) is 0 Å². The van der Waals surface area contributed by atoms with Gasteiger partial charge in [0.2, 0.25) is 5.91 Å². The quantitative estimate of drug-likeness (QED) is 0.789. The summed E-state index contributed by atoms with van der Waals surface area (Å²) in [6.45, 7) is 3.86. The lowest BCUT2D eigenvalue weighted by molar-refractivity contribution is -0.116. The average Bonchev–Trinajstić information content (AvgIpc) is 2.26. The molecular formula is C13H17NO2. The summed E-state index contributed by atoms with van der Waals surface area (Å²) in [5, 5.41) is 2.79. The van der Waals surface area contributed by atoms with Gasteiger partial charge in [0.1, 0.15) is 5.75 Å². The fourth-order valence-electron chi connectivity index (χ4n) is 1.22. The number of hydrogen-bond donors (Lipinski definition) is 1. The zero-order valence-corrected chi connectivity index (χ0v) is 9.86. The molecule has 1 N–H and O–H groups in total. The molecule has 0 radical (unpaired) electrons. The highest BCUT2D eigenvalue weighted by Gasteiger charge is 1.97. The van der Waals surface area contributed by atoms with Gasteiger partial charge in [-0.15, -0.1) is 0 Å². The Kier molecular flexibility index (Phi) is 4.58. The Bertz CT molecular complexity index is 366. The molecule has 0 heterocycles. The Morgan fingerprint density at radius 2 is 1.94 bits per heavy atom. The molecular weight excluding hydrogens is 202 g/mol. The smallest absolute Gasteiger partial charge is 0.244 e. The van der Waals surface area contributed by atoms with E-state index in [9.17, 15) is 4.79 Å². The molecule has 0 unspecified atom stereocenters. The van der Waals surface area contributed by atoms with Crippen molar-refractivity contribution in [3.8, 4) is 5.75 Å². The van der Waals surface area contributed by atoms with Crippen molar-refractivity contribution in [2.24, 2.45) is 0 Å². The summed E-state index contributed by atoms with van der Waals surface area (Å²) in [7, 11) is 1.63. The Morgan fingerprint density at radius 1 is 1.31 bits per heavy atom. The summed E-state index contributed by atoms with van der Waals surface area (Å²) in [6.07, 6.45) is 3.30. The van der Waals surface area contributed by atoms with Crippen molar-refractivity contribution in [2.75, 3.05) is 7.11 Å². The Labute approximate surface area is 96.1 Å². The minimum atomic E-state index is -0.0779. The Hall–Kier alpha value is -1.77. The van der Waals surface area contributed by atoms with Gasteiger partial charge in [-0.1, -0.05) is 12.1 Å². The van der Waals surface area contributed by atoms with E-state index >= 15 is 0 Å². The van der Waals surface area contributed by atoms with Crippen LogP contribution in [0, 0.1) is 0 Å². The van der Waals surface area contributed by atoms with Crippen molar-refractivity contribution < 1.29 is 9.53 Å². The van der Waals surface area contributed by atoms with E-state index < -0.39 is 0 Å². The molecule has 0 saturated carbocycles. The largest absolute Gasteiger partial charge is 0.497 e. The predicted octanol–water partition coefficient (Wildman–Crippen LogP) is 2.23. The molecule has 0 aliphatic heterocycles. The topological polar surface area (TPSA) is 38.3 Å². The van der Waals surface area contributed by atoms with Gasteiger partial charge in [0.25, 0.3) is 0 Å². The Balaban J connectivity index is 2.58. The molecule has 0 saturated heterocycles. The number of methoxy groups -OCH3 is 1. The third-order valence-electron chi connectivity index (χ3n) is 1.97. The molecule has 0 atom stereocenters. The molecule has 1 rings (SSSR count).